The summed E-state index contributed by atoms with van der Waals surface area (Å²) >= 11 is 0. The molecular formula is C11H14FNO. The maximum absolute atomic E-state index is 13.1. The highest BCUT2D eigenvalue weighted by atomic mass is 19.1. The molecule has 1 aromatic rings. The van der Waals surface area contributed by atoms with E-state index in [0.29, 0.717) is 12.1 Å². The molecule has 1 saturated carbocycles. The van der Waals surface area contributed by atoms with Gasteiger partial charge in [-0.1, -0.05) is 18.6 Å². The lowest BCUT2D eigenvalue weighted by Gasteiger charge is -2.41. The Morgan fingerprint density at radius 1 is 1.43 bits per heavy atom. The summed E-state index contributed by atoms with van der Waals surface area (Å²) in [5.74, 6) is -0.778. The van der Waals surface area contributed by atoms with E-state index in [0.717, 1.165) is 19.3 Å². The van der Waals surface area contributed by atoms with E-state index in [1.165, 1.54) is 6.07 Å². The molecule has 1 fully saturated rings. The van der Waals surface area contributed by atoms with Crippen LogP contribution in [-0.4, -0.2) is 11.7 Å². The van der Waals surface area contributed by atoms with Gasteiger partial charge in [-0.3, -0.25) is 0 Å². The summed E-state index contributed by atoms with van der Waals surface area (Å²) in [5, 5.41) is 9.60. The van der Waals surface area contributed by atoms with Crippen molar-refractivity contribution in [1.29, 1.82) is 0 Å². The van der Waals surface area contributed by atoms with Crippen LogP contribution in [0.3, 0.4) is 0 Å². The van der Waals surface area contributed by atoms with Gasteiger partial charge in [-0.05, 0) is 18.9 Å². The Morgan fingerprint density at radius 3 is 2.64 bits per heavy atom. The zero-order valence-electron chi connectivity index (χ0n) is 7.96. The summed E-state index contributed by atoms with van der Waals surface area (Å²) in [6, 6.07) is 4.66. The van der Waals surface area contributed by atoms with Crippen LogP contribution in [0.25, 0.3) is 0 Å². The largest absolute Gasteiger partial charge is 0.505 e. The Hall–Kier alpha value is -1.09. The fourth-order valence-electron chi connectivity index (χ4n) is 2.13. The summed E-state index contributed by atoms with van der Waals surface area (Å²) in [6.45, 7) is 0.476. The summed E-state index contributed by atoms with van der Waals surface area (Å²) in [5.41, 5.74) is 6.18. The number of rotatable bonds is 2. The highest BCUT2D eigenvalue weighted by Crippen LogP contribution is 2.46. The molecule has 76 valence electrons. The van der Waals surface area contributed by atoms with Gasteiger partial charge in [0.25, 0.3) is 0 Å². The van der Waals surface area contributed by atoms with Crippen LogP contribution < -0.4 is 5.73 Å². The van der Waals surface area contributed by atoms with Crippen molar-refractivity contribution in [3.63, 3.8) is 0 Å². The van der Waals surface area contributed by atoms with Gasteiger partial charge in [0, 0.05) is 17.5 Å². The molecule has 3 heteroatoms. The third-order valence-electron chi connectivity index (χ3n) is 3.26. The first-order chi connectivity index (χ1) is 6.69. The van der Waals surface area contributed by atoms with Crippen molar-refractivity contribution < 1.29 is 9.50 Å². The lowest BCUT2D eigenvalue weighted by atomic mass is 9.64. The van der Waals surface area contributed by atoms with Crippen molar-refractivity contribution in [3.05, 3.63) is 29.6 Å². The molecule has 0 bridgehead atoms. The maximum Gasteiger partial charge on any atom is 0.165 e. The molecule has 1 aromatic carbocycles. The second-order valence-corrected chi connectivity index (χ2v) is 3.97. The van der Waals surface area contributed by atoms with E-state index in [-0.39, 0.29) is 11.2 Å². The van der Waals surface area contributed by atoms with Gasteiger partial charge in [0.1, 0.15) is 0 Å². The van der Waals surface area contributed by atoms with Crippen LogP contribution in [-0.2, 0) is 5.41 Å². The molecular weight excluding hydrogens is 181 g/mol. The highest BCUT2D eigenvalue weighted by Gasteiger charge is 2.39. The van der Waals surface area contributed by atoms with E-state index >= 15 is 0 Å². The van der Waals surface area contributed by atoms with Crippen LogP contribution in [0.15, 0.2) is 18.2 Å². The van der Waals surface area contributed by atoms with Crippen molar-refractivity contribution in [3.8, 4) is 5.75 Å². The Balaban J connectivity index is 2.45. The van der Waals surface area contributed by atoms with E-state index in [9.17, 15) is 9.50 Å². The molecule has 0 aliphatic heterocycles. The average Bonchev–Trinajstić information content (AvgIpc) is 2.11. The average molecular weight is 195 g/mol. The Kier molecular flexibility index (Phi) is 2.19. The number of para-hydroxylation sites is 1. The minimum atomic E-state index is -0.553. The van der Waals surface area contributed by atoms with Crippen LogP contribution in [0.5, 0.6) is 5.75 Å². The number of hydrogen-bond donors (Lipinski definition) is 2. The molecule has 0 spiro atoms. The summed E-state index contributed by atoms with van der Waals surface area (Å²) < 4.78 is 13.1. The summed E-state index contributed by atoms with van der Waals surface area (Å²) in [4.78, 5) is 0. The van der Waals surface area contributed by atoms with E-state index in [1.807, 2.05) is 0 Å². The van der Waals surface area contributed by atoms with Crippen LogP contribution in [0.2, 0.25) is 0 Å². The van der Waals surface area contributed by atoms with Gasteiger partial charge in [-0.25, -0.2) is 4.39 Å². The minimum Gasteiger partial charge on any atom is -0.505 e. The van der Waals surface area contributed by atoms with Gasteiger partial charge >= 0.3 is 0 Å². The zero-order valence-corrected chi connectivity index (χ0v) is 7.96. The lowest BCUT2D eigenvalue weighted by Crippen LogP contribution is -2.41. The van der Waals surface area contributed by atoms with Gasteiger partial charge in [0.2, 0.25) is 0 Å². The Morgan fingerprint density at radius 2 is 2.14 bits per heavy atom. The van der Waals surface area contributed by atoms with E-state index in [2.05, 4.69) is 0 Å². The molecule has 0 saturated heterocycles. The number of phenolic OH excluding ortho intramolecular Hbond substituents is 1. The molecule has 14 heavy (non-hydrogen) atoms. The number of nitrogens with two attached hydrogens (primary N) is 1. The molecule has 0 atom stereocenters. The molecule has 1 aliphatic carbocycles. The molecule has 2 nitrogen and oxygen atoms in total. The van der Waals surface area contributed by atoms with Gasteiger partial charge < -0.3 is 10.8 Å². The Bertz CT molecular complexity index is 342. The SMILES string of the molecule is NCC1(c2cccc(F)c2O)CCC1. The third kappa shape index (κ3) is 1.20. The van der Waals surface area contributed by atoms with Crippen molar-refractivity contribution in [2.75, 3.05) is 6.54 Å². The number of phenols is 1. The van der Waals surface area contributed by atoms with E-state index < -0.39 is 5.82 Å². The molecule has 0 heterocycles. The number of aromatic hydroxyl groups is 1. The second kappa shape index (κ2) is 3.24. The summed E-state index contributed by atoms with van der Waals surface area (Å²) in [7, 11) is 0. The van der Waals surface area contributed by atoms with Gasteiger partial charge in [0.15, 0.2) is 11.6 Å². The first-order valence-electron chi connectivity index (χ1n) is 4.88. The molecule has 0 unspecified atom stereocenters. The third-order valence-corrected chi connectivity index (χ3v) is 3.26. The van der Waals surface area contributed by atoms with Crippen LogP contribution in [0, 0.1) is 5.82 Å². The maximum atomic E-state index is 13.1. The fraction of sp³-hybridized carbons (Fsp3) is 0.455. The Labute approximate surface area is 82.5 Å². The highest BCUT2D eigenvalue weighted by molar-refractivity contribution is 5.41. The zero-order chi connectivity index (χ0) is 10.2. The molecule has 2 rings (SSSR count). The molecule has 0 radical (unpaired) electrons. The quantitative estimate of drug-likeness (QED) is 0.757. The molecule has 3 N–H and O–H groups in total. The number of benzene rings is 1. The predicted octanol–water partition coefficient (Wildman–Crippen LogP) is 1.91. The predicted molar refractivity (Wildman–Crippen MR) is 52.6 cm³/mol. The van der Waals surface area contributed by atoms with Crippen molar-refractivity contribution in [2.24, 2.45) is 5.73 Å². The van der Waals surface area contributed by atoms with E-state index in [4.69, 9.17) is 5.73 Å². The van der Waals surface area contributed by atoms with E-state index in [1.54, 1.807) is 12.1 Å². The first-order valence-corrected chi connectivity index (χ1v) is 4.88. The molecule has 1 aliphatic rings. The van der Waals surface area contributed by atoms with Crippen molar-refractivity contribution in [1.82, 2.24) is 0 Å². The minimum absolute atomic E-state index is 0.174. The first kappa shape index (κ1) is 9.46. The molecule has 0 aromatic heterocycles. The van der Waals surface area contributed by atoms with Crippen molar-refractivity contribution >= 4 is 0 Å². The van der Waals surface area contributed by atoms with Crippen LogP contribution in [0.1, 0.15) is 24.8 Å². The lowest BCUT2D eigenvalue weighted by molar-refractivity contribution is 0.242. The van der Waals surface area contributed by atoms with Crippen molar-refractivity contribution in [2.45, 2.75) is 24.7 Å². The normalized spacial score (nSPS) is 19.0. The van der Waals surface area contributed by atoms with Crippen LogP contribution >= 0.6 is 0 Å². The van der Waals surface area contributed by atoms with Gasteiger partial charge in [0.05, 0.1) is 0 Å². The topological polar surface area (TPSA) is 46.2 Å². The standard InChI is InChI=1S/C11H14FNO/c12-9-4-1-3-8(10(9)14)11(7-13)5-2-6-11/h1,3-4,14H,2,5-7,13H2. The molecule has 0 amide bonds. The van der Waals surface area contributed by atoms with Gasteiger partial charge in [-0.2, -0.15) is 0 Å². The second-order valence-electron chi connectivity index (χ2n) is 3.97. The number of halogens is 1. The smallest absolute Gasteiger partial charge is 0.165 e. The van der Waals surface area contributed by atoms with Crippen LogP contribution in [0.4, 0.5) is 4.39 Å². The van der Waals surface area contributed by atoms with Gasteiger partial charge in [-0.15, -0.1) is 0 Å². The number of hydrogen-bond acceptors (Lipinski definition) is 2. The monoisotopic (exact) mass is 195 g/mol. The fourth-order valence-corrected chi connectivity index (χ4v) is 2.13. The summed E-state index contributed by atoms with van der Waals surface area (Å²) in [6.07, 6.45) is 2.99.